The fourth-order valence-corrected chi connectivity index (χ4v) is 11.9. The molecule has 0 atom stereocenters. The van der Waals surface area contributed by atoms with Crippen LogP contribution >= 0.6 is 54.5 Å². The minimum Gasteiger partial charge on any atom is -0.448 e. The van der Waals surface area contributed by atoms with Crippen molar-refractivity contribution in [2.24, 2.45) is 0 Å². The van der Waals surface area contributed by atoms with E-state index in [0.29, 0.717) is 22.8 Å². The molecule has 1 fully saturated rings. The lowest BCUT2D eigenvalue weighted by atomic mass is 10.2. The van der Waals surface area contributed by atoms with Crippen LogP contribution in [0.15, 0.2) is 58.5 Å². The molecule has 0 bridgehead atoms. The molecule has 2 aliphatic rings. The average Bonchev–Trinajstić information content (AvgIpc) is 3.49. The molecule has 1 aliphatic carbocycles. The average molecular weight is 641 g/mol. The van der Waals surface area contributed by atoms with Crippen molar-refractivity contribution in [2.45, 2.75) is 39.9 Å². The number of hydrogen-bond donors (Lipinski definition) is 0. The molecule has 3 heterocycles. The SMILES string of the molecule is O=S(=O)(c1ccc(Br)s1)N(c1ccc2c(c1)OC1(CCCC1)O2)S(=O)(=O)c1ccc(Br)s1. The minimum atomic E-state index is -4.45. The van der Waals surface area contributed by atoms with E-state index in [1.807, 2.05) is 0 Å². The molecule has 2 aromatic heterocycles. The summed E-state index contributed by atoms with van der Waals surface area (Å²) in [7, 11) is -8.89. The Balaban J connectivity index is 1.65. The maximum absolute atomic E-state index is 13.6. The zero-order valence-corrected chi connectivity index (χ0v) is 22.6. The lowest BCUT2D eigenvalue weighted by molar-refractivity contribution is -0.0716. The van der Waals surface area contributed by atoms with Gasteiger partial charge in [-0.25, -0.2) is 0 Å². The minimum absolute atomic E-state index is 0.0450. The number of nitrogens with zero attached hydrogens (tertiary/aromatic N) is 1. The van der Waals surface area contributed by atoms with E-state index < -0.39 is 25.8 Å². The van der Waals surface area contributed by atoms with Crippen LogP contribution in [0.4, 0.5) is 5.69 Å². The number of rotatable bonds is 5. The predicted molar refractivity (Wildman–Crippen MR) is 130 cm³/mol. The third-order valence-electron chi connectivity index (χ3n) is 5.14. The maximum Gasteiger partial charge on any atom is 0.287 e. The largest absolute Gasteiger partial charge is 0.448 e. The standard InChI is InChI=1S/C19H15Br2NO6S4/c20-15-5-7-17(29-15)31(23,24)22(32(25,26)18-8-6-16(21)30-18)12-3-4-13-14(11-12)28-19(27-13)9-1-2-10-19/h3-8,11H,1-2,9-10H2. The van der Waals surface area contributed by atoms with Crippen molar-refractivity contribution in [3.05, 3.63) is 50.0 Å². The van der Waals surface area contributed by atoms with E-state index in [0.717, 1.165) is 48.4 Å². The highest BCUT2D eigenvalue weighted by Gasteiger charge is 2.45. The number of benzene rings is 1. The first-order valence-corrected chi connectivity index (χ1v) is 15.5. The van der Waals surface area contributed by atoms with Crippen LogP contribution in [0.2, 0.25) is 0 Å². The Bertz CT molecular complexity index is 1340. The van der Waals surface area contributed by atoms with E-state index >= 15 is 0 Å². The van der Waals surface area contributed by atoms with Crippen molar-refractivity contribution in [3.63, 3.8) is 0 Å². The lowest BCUT2D eigenvalue weighted by Crippen LogP contribution is -2.36. The summed E-state index contributed by atoms with van der Waals surface area (Å²) in [5.74, 6) is 0.0588. The van der Waals surface area contributed by atoms with E-state index in [1.54, 1.807) is 18.2 Å². The smallest absolute Gasteiger partial charge is 0.287 e. The van der Waals surface area contributed by atoms with Crippen LogP contribution in [0.3, 0.4) is 0 Å². The highest BCUT2D eigenvalue weighted by molar-refractivity contribution is 9.11. The summed E-state index contributed by atoms with van der Waals surface area (Å²) in [6, 6.07) is 10.3. The Morgan fingerprint density at radius 2 is 1.31 bits per heavy atom. The van der Waals surface area contributed by atoms with Crippen LogP contribution in [0, 0.1) is 0 Å². The van der Waals surface area contributed by atoms with Gasteiger partial charge in [-0.15, -0.1) is 22.7 Å². The third-order valence-corrected chi connectivity index (χ3v) is 13.5. The molecule has 0 N–H and O–H groups in total. The van der Waals surface area contributed by atoms with Crippen LogP contribution in [0.25, 0.3) is 0 Å². The van der Waals surface area contributed by atoms with Gasteiger partial charge in [0.15, 0.2) is 11.5 Å². The van der Waals surface area contributed by atoms with Gasteiger partial charge >= 0.3 is 0 Å². The Labute approximate surface area is 210 Å². The Kier molecular flexibility index (Phi) is 5.65. The van der Waals surface area contributed by atoms with Gasteiger partial charge in [-0.3, -0.25) is 0 Å². The number of hydrogen-bond acceptors (Lipinski definition) is 8. The van der Waals surface area contributed by atoms with Crippen molar-refractivity contribution in [2.75, 3.05) is 3.71 Å². The summed E-state index contributed by atoms with van der Waals surface area (Å²) in [6.07, 6.45) is 3.39. The first kappa shape index (κ1) is 22.7. The van der Waals surface area contributed by atoms with Crippen molar-refractivity contribution >= 4 is 80.3 Å². The van der Waals surface area contributed by atoms with Crippen molar-refractivity contribution in [1.29, 1.82) is 0 Å². The van der Waals surface area contributed by atoms with E-state index in [-0.39, 0.29) is 14.1 Å². The summed E-state index contributed by atoms with van der Waals surface area (Å²) in [5, 5.41) is 0. The molecular formula is C19H15Br2NO6S4. The number of thiophene rings is 2. The first-order valence-electron chi connectivity index (χ1n) is 9.44. The quantitative estimate of drug-likeness (QED) is 0.342. The predicted octanol–water partition coefficient (Wildman–Crippen LogP) is 5.96. The van der Waals surface area contributed by atoms with Gasteiger partial charge in [0.1, 0.15) is 8.42 Å². The maximum atomic E-state index is 13.6. The number of ether oxygens (including phenoxy) is 2. The highest BCUT2D eigenvalue weighted by Crippen LogP contribution is 2.49. The van der Waals surface area contributed by atoms with Crippen molar-refractivity contribution < 1.29 is 26.3 Å². The summed E-state index contributed by atoms with van der Waals surface area (Å²) in [4.78, 5) is 0. The molecular weight excluding hydrogens is 626 g/mol. The third kappa shape index (κ3) is 3.80. The van der Waals surface area contributed by atoms with Crippen LogP contribution < -0.4 is 13.2 Å². The first-order chi connectivity index (χ1) is 15.1. The van der Waals surface area contributed by atoms with Crippen LogP contribution in [-0.2, 0) is 20.0 Å². The summed E-state index contributed by atoms with van der Waals surface area (Å²) in [5.41, 5.74) is -0.0450. The monoisotopic (exact) mass is 639 g/mol. The van der Waals surface area contributed by atoms with Crippen LogP contribution in [0.1, 0.15) is 25.7 Å². The fraction of sp³-hybridized carbons (Fsp3) is 0.263. The molecule has 1 saturated carbocycles. The number of fused-ring (bicyclic) bond motifs is 1. The second-order valence-electron chi connectivity index (χ2n) is 7.28. The second kappa shape index (κ2) is 7.98. The molecule has 32 heavy (non-hydrogen) atoms. The Hall–Kier alpha value is -1.12. The van der Waals surface area contributed by atoms with Gasteiger partial charge in [0.25, 0.3) is 25.8 Å². The molecule has 7 nitrogen and oxygen atoms in total. The van der Waals surface area contributed by atoms with Gasteiger partial charge in [-0.2, -0.15) is 20.5 Å². The van der Waals surface area contributed by atoms with Crippen LogP contribution in [-0.4, -0.2) is 22.6 Å². The van der Waals surface area contributed by atoms with Crippen molar-refractivity contribution in [3.8, 4) is 11.5 Å². The lowest BCUT2D eigenvalue weighted by Gasteiger charge is -2.23. The molecule has 0 unspecified atom stereocenters. The van der Waals surface area contributed by atoms with E-state index in [1.165, 1.54) is 24.3 Å². The molecule has 13 heteroatoms. The molecule has 5 rings (SSSR count). The zero-order valence-electron chi connectivity index (χ0n) is 16.2. The van der Waals surface area contributed by atoms with Gasteiger partial charge in [-0.1, -0.05) is 0 Å². The van der Waals surface area contributed by atoms with E-state index in [4.69, 9.17) is 9.47 Å². The van der Waals surface area contributed by atoms with Gasteiger partial charge in [-0.05, 0) is 81.1 Å². The fourth-order valence-electron chi connectivity index (χ4n) is 3.76. The topological polar surface area (TPSA) is 90.0 Å². The number of halogens is 2. The Morgan fingerprint density at radius 1 is 0.781 bits per heavy atom. The number of sulfonamides is 2. The second-order valence-corrected chi connectivity index (χ2v) is 16.5. The molecule has 1 aromatic carbocycles. The zero-order chi connectivity index (χ0) is 22.7. The van der Waals surface area contributed by atoms with Gasteiger partial charge in [0.05, 0.1) is 13.3 Å². The summed E-state index contributed by atoms with van der Waals surface area (Å²) >= 11 is 8.37. The van der Waals surface area contributed by atoms with Crippen LogP contribution in [0.5, 0.6) is 11.5 Å². The molecule has 170 valence electrons. The van der Waals surface area contributed by atoms with Gasteiger partial charge in [0, 0.05) is 18.9 Å². The Morgan fingerprint density at radius 3 is 1.81 bits per heavy atom. The molecule has 0 amide bonds. The van der Waals surface area contributed by atoms with Crippen molar-refractivity contribution in [1.82, 2.24) is 0 Å². The van der Waals surface area contributed by atoms with Gasteiger partial charge < -0.3 is 9.47 Å². The van der Waals surface area contributed by atoms with E-state index in [9.17, 15) is 16.8 Å². The summed E-state index contributed by atoms with van der Waals surface area (Å²) in [6.45, 7) is 0. The number of anilines is 1. The molecule has 1 aliphatic heterocycles. The normalized spacial score (nSPS) is 17.2. The summed E-state index contributed by atoms with van der Waals surface area (Å²) < 4.78 is 67.8. The molecule has 1 spiro atoms. The van der Waals surface area contributed by atoms with E-state index in [2.05, 4.69) is 31.9 Å². The molecule has 0 saturated heterocycles. The highest BCUT2D eigenvalue weighted by atomic mass is 79.9. The molecule has 0 radical (unpaired) electrons. The van der Waals surface area contributed by atoms with Gasteiger partial charge in [0.2, 0.25) is 0 Å². The molecule has 3 aromatic rings.